The first kappa shape index (κ1) is 35.2. The molecule has 294 valence electrons. The van der Waals surface area contributed by atoms with Gasteiger partial charge in [-0.15, -0.1) is 0 Å². The average molecular weight is 804 g/mol. The molecule has 4 heterocycles. The van der Waals surface area contributed by atoms with Gasteiger partial charge in [0.25, 0.3) is 0 Å². The fourth-order valence-corrected chi connectivity index (χ4v) is 9.90. The van der Waals surface area contributed by atoms with Crippen molar-refractivity contribution in [2.24, 2.45) is 0 Å². The van der Waals surface area contributed by atoms with Crippen LogP contribution >= 0.6 is 0 Å². The summed E-state index contributed by atoms with van der Waals surface area (Å²) in [6, 6.07) is 80.1. The number of benzene rings is 9. The summed E-state index contributed by atoms with van der Waals surface area (Å²) in [5.74, 6) is 0.619. The van der Waals surface area contributed by atoms with Crippen LogP contribution in [0.15, 0.2) is 224 Å². The van der Waals surface area contributed by atoms with Crippen molar-refractivity contribution in [2.75, 3.05) is 0 Å². The van der Waals surface area contributed by atoms with Crippen LogP contribution in [0.4, 0.5) is 0 Å². The SMILES string of the molecule is c1ccc(-c2ccc(-c3cc(-c4ccccc4)nc(-n4c5ccccc5c5ccc6c(c7c(ccc8c9ccccc9n(-c9ccccc9)c87)n6-c6ccccc6)c54)n3)cc2)cc1. The molecule has 5 nitrogen and oxygen atoms in total. The molecule has 5 heteroatoms. The van der Waals surface area contributed by atoms with Gasteiger partial charge in [0.05, 0.1) is 44.5 Å². The molecule has 0 saturated heterocycles. The van der Waals surface area contributed by atoms with Gasteiger partial charge in [-0.05, 0) is 65.7 Å². The van der Waals surface area contributed by atoms with Gasteiger partial charge in [-0.2, -0.15) is 0 Å². The van der Waals surface area contributed by atoms with Crippen molar-refractivity contribution in [3.05, 3.63) is 224 Å². The molecule has 0 unspecified atom stereocenters. The lowest BCUT2D eigenvalue weighted by atomic mass is 10.0. The van der Waals surface area contributed by atoms with E-state index in [-0.39, 0.29) is 0 Å². The average Bonchev–Trinajstić information content (AvgIpc) is 4.01. The molecule has 9 aromatic carbocycles. The molecule has 0 aliphatic heterocycles. The van der Waals surface area contributed by atoms with Crippen LogP contribution in [0.1, 0.15) is 0 Å². The highest BCUT2D eigenvalue weighted by molar-refractivity contribution is 6.33. The molecule has 0 amide bonds. The minimum absolute atomic E-state index is 0.619. The third-order valence-corrected chi connectivity index (χ3v) is 12.7. The first-order valence-electron chi connectivity index (χ1n) is 21.4. The number of hydrogen-bond donors (Lipinski definition) is 0. The van der Waals surface area contributed by atoms with Crippen LogP contribution < -0.4 is 0 Å². The van der Waals surface area contributed by atoms with Gasteiger partial charge in [0.2, 0.25) is 5.95 Å². The van der Waals surface area contributed by atoms with Crippen LogP contribution in [0.25, 0.3) is 116 Å². The number of fused-ring (bicyclic) bond motifs is 11. The molecule has 0 bridgehead atoms. The molecule has 63 heavy (non-hydrogen) atoms. The highest BCUT2D eigenvalue weighted by Gasteiger charge is 2.26. The number of rotatable bonds is 6. The summed E-state index contributed by atoms with van der Waals surface area (Å²) in [6.45, 7) is 0. The van der Waals surface area contributed by atoms with Gasteiger partial charge < -0.3 is 9.13 Å². The van der Waals surface area contributed by atoms with Crippen molar-refractivity contribution in [3.63, 3.8) is 0 Å². The lowest BCUT2D eigenvalue weighted by Gasteiger charge is -2.13. The van der Waals surface area contributed by atoms with Gasteiger partial charge in [0.15, 0.2) is 0 Å². The molecular formula is C58H37N5. The van der Waals surface area contributed by atoms with Gasteiger partial charge >= 0.3 is 0 Å². The summed E-state index contributed by atoms with van der Waals surface area (Å²) in [5, 5.41) is 7.04. The lowest BCUT2D eigenvalue weighted by Crippen LogP contribution is -2.04. The summed E-state index contributed by atoms with van der Waals surface area (Å²) >= 11 is 0. The molecule has 0 atom stereocenters. The maximum Gasteiger partial charge on any atom is 0.235 e. The van der Waals surface area contributed by atoms with Crippen LogP contribution in [0.3, 0.4) is 0 Å². The fourth-order valence-electron chi connectivity index (χ4n) is 9.90. The van der Waals surface area contributed by atoms with E-state index in [0.29, 0.717) is 5.95 Å². The summed E-state index contributed by atoms with van der Waals surface area (Å²) in [6.07, 6.45) is 0. The van der Waals surface area contributed by atoms with E-state index in [9.17, 15) is 0 Å². The third kappa shape index (κ3) is 5.43. The van der Waals surface area contributed by atoms with Crippen LogP contribution in [0.5, 0.6) is 0 Å². The molecule has 0 fully saturated rings. The number of nitrogens with zero attached hydrogens (tertiary/aromatic N) is 5. The molecule has 4 aromatic heterocycles. The van der Waals surface area contributed by atoms with Crippen LogP contribution in [0, 0.1) is 0 Å². The minimum atomic E-state index is 0.619. The topological polar surface area (TPSA) is 40.6 Å². The van der Waals surface area contributed by atoms with Crippen molar-refractivity contribution in [3.8, 4) is 51.0 Å². The van der Waals surface area contributed by atoms with Crippen LogP contribution in [0.2, 0.25) is 0 Å². The second-order valence-corrected chi connectivity index (χ2v) is 16.2. The number of hydrogen-bond acceptors (Lipinski definition) is 2. The van der Waals surface area contributed by atoms with E-state index in [0.717, 1.165) is 77.7 Å². The summed E-state index contributed by atoms with van der Waals surface area (Å²) in [5.41, 5.74) is 15.0. The maximum absolute atomic E-state index is 5.53. The molecule has 13 aromatic rings. The zero-order valence-corrected chi connectivity index (χ0v) is 34.1. The fraction of sp³-hybridized carbons (Fsp3) is 0. The number of aromatic nitrogens is 5. The predicted octanol–water partition coefficient (Wildman–Crippen LogP) is 14.8. The molecule has 13 rings (SSSR count). The maximum atomic E-state index is 5.53. The van der Waals surface area contributed by atoms with Gasteiger partial charge in [0.1, 0.15) is 0 Å². The Labute approximate surface area is 363 Å². The van der Waals surface area contributed by atoms with Crippen molar-refractivity contribution in [2.45, 2.75) is 0 Å². The van der Waals surface area contributed by atoms with Gasteiger partial charge in [-0.1, -0.05) is 170 Å². The Hall–Kier alpha value is -8.54. The Morgan fingerprint density at radius 3 is 1.22 bits per heavy atom. The van der Waals surface area contributed by atoms with Gasteiger partial charge in [-0.25, -0.2) is 9.97 Å². The van der Waals surface area contributed by atoms with Crippen LogP contribution in [-0.4, -0.2) is 23.7 Å². The Balaban J connectivity index is 1.20. The van der Waals surface area contributed by atoms with E-state index in [2.05, 4.69) is 238 Å². The minimum Gasteiger partial charge on any atom is -0.309 e. The standard InChI is InChI=1S/C58H37N5/c1-5-17-38(18-6-1)39-29-31-41(32-30-39)49-37-48(40-19-7-2-8-20-40)59-58(60-49)63-51-28-16-14-26-45(51)47-34-36-53-55(57(47)63)54-52(61(53)42-21-9-3-10-22-42)35-33-46-44-25-13-15-27-50(44)62(56(46)54)43-23-11-4-12-24-43/h1-37H. The van der Waals surface area contributed by atoms with E-state index >= 15 is 0 Å². The highest BCUT2D eigenvalue weighted by atomic mass is 15.2. The Bertz CT molecular complexity index is 3860. The van der Waals surface area contributed by atoms with Gasteiger partial charge in [-0.3, -0.25) is 4.57 Å². The lowest BCUT2D eigenvalue weighted by molar-refractivity contribution is 0.998. The Morgan fingerprint density at radius 1 is 0.270 bits per heavy atom. The molecule has 0 aliphatic carbocycles. The van der Waals surface area contributed by atoms with Gasteiger partial charge in [0, 0.05) is 54.8 Å². The third-order valence-electron chi connectivity index (χ3n) is 12.7. The summed E-state index contributed by atoms with van der Waals surface area (Å²) in [4.78, 5) is 11.0. The quantitative estimate of drug-likeness (QED) is 0.168. The van der Waals surface area contributed by atoms with E-state index in [4.69, 9.17) is 9.97 Å². The van der Waals surface area contributed by atoms with Crippen molar-refractivity contribution < 1.29 is 0 Å². The molecule has 0 saturated carbocycles. The van der Waals surface area contributed by atoms with E-state index in [1.807, 2.05) is 0 Å². The second kappa shape index (κ2) is 14.0. The summed E-state index contributed by atoms with van der Waals surface area (Å²) in [7, 11) is 0. The van der Waals surface area contributed by atoms with Crippen LogP contribution in [-0.2, 0) is 0 Å². The highest BCUT2D eigenvalue weighted by Crippen LogP contribution is 2.46. The summed E-state index contributed by atoms with van der Waals surface area (Å²) < 4.78 is 7.21. The zero-order chi connectivity index (χ0) is 41.4. The first-order chi connectivity index (χ1) is 31.3. The van der Waals surface area contributed by atoms with Crippen molar-refractivity contribution in [1.82, 2.24) is 23.7 Å². The molecule has 0 spiro atoms. The molecular weight excluding hydrogens is 767 g/mol. The van der Waals surface area contributed by atoms with Crippen molar-refractivity contribution >= 4 is 65.4 Å². The normalized spacial score (nSPS) is 11.8. The predicted molar refractivity (Wildman–Crippen MR) is 261 cm³/mol. The Kier molecular flexibility index (Phi) is 7.84. The van der Waals surface area contributed by atoms with E-state index in [1.165, 1.54) is 32.8 Å². The second-order valence-electron chi connectivity index (χ2n) is 16.2. The molecule has 0 radical (unpaired) electrons. The smallest absolute Gasteiger partial charge is 0.235 e. The van der Waals surface area contributed by atoms with Crippen molar-refractivity contribution in [1.29, 1.82) is 0 Å². The first-order valence-corrected chi connectivity index (χ1v) is 21.4. The van der Waals surface area contributed by atoms with E-state index in [1.54, 1.807) is 0 Å². The zero-order valence-electron chi connectivity index (χ0n) is 34.1. The number of para-hydroxylation sites is 4. The Morgan fingerprint density at radius 2 is 0.667 bits per heavy atom. The molecule has 0 N–H and O–H groups in total. The monoisotopic (exact) mass is 803 g/mol. The molecule has 0 aliphatic rings. The largest absolute Gasteiger partial charge is 0.309 e. The van der Waals surface area contributed by atoms with E-state index < -0.39 is 0 Å².